The first kappa shape index (κ1) is 79.6. The molecular weight excluding hydrogens is 1020 g/mol. The van der Waals surface area contributed by atoms with Gasteiger partial charge < -0.3 is 14.2 Å². The zero-order chi connectivity index (χ0) is 59.9. The van der Waals surface area contributed by atoms with Gasteiger partial charge in [0.05, 0.1) is 0 Å². The molecule has 0 aromatic rings. The van der Waals surface area contributed by atoms with E-state index in [1.165, 1.54) is 218 Å². The van der Waals surface area contributed by atoms with Crippen LogP contribution in [0.1, 0.15) is 367 Å². The highest BCUT2D eigenvalue weighted by Crippen LogP contribution is 2.18. The van der Waals surface area contributed by atoms with E-state index >= 15 is 0 Å². The zero-order valence-electron chi connectivity index (χ0n) is 55.2. The molecule has 480 valence electrons. The Morgan fingerprint density at radius 3 is 0.735 bits per heavy atom. The molecule has 0 spiro atoms. The predicted octanol–water partition coefficient (Wildman–Crippen LogP) is 25.0. The van der Waals surface area contributed by atoms with Crippen molar-refractivity contribution in [1.82, 2.24) is 0 Å². The van der Waals surface area contributed by atoms with Crippen LogP contribution in [0.2, 0.25) is 0 Å². The summed E-state index contributed by atoms with van der Waals surface area (Å²) in [6.07, 6.45) is 94.7. The fourth-order valence-electron chi connectivity index (χ4n) is 10.5. The van der Waals surface area contributed by atoms with Crippen molar-refractivity contribution in [3.63, 3.8) is 0 Å². The smallest absolute Gasteiger partial charge is 0.306 e. The Bertz CT molecular complexity index is 1570. The lowest BCUT2D eigenvalue weighted by atomic mass is 10.0. The Hall–Kier alpha value is -3.41. The summed E-state index contributed by atoms with van der Waals surface area (Å²) >= 11 is 0. The van der Waals surface area contributed by atoms with Crippen LogP contribution in [0.25, 0.3) is 0 Å². The van der Waals surface area contributed by atoms with Gasteiger partial charge in [0.15, 0.2) is 6.10 Å². The van der Waals surface area contributed by atoms with E-state index in [4.69, 9.17) is 14.2 Å². The van der Waals surface area contributed by atoms with Gasteiger partial charge in [0.25, 0.3) is 0 Å². The minimum absolute atomic E-state index is 0.0823. The van der Waals surface area contributed by atoms with Crippen molar-refractivity contribution in [3.05, 3.63) is 85.1 Å². The molecule has 1 unspecified atom stereocenters. The number of unbranched alkanes of at least 4 members (excludes halogenated alkanes) is 41. The Kier molecular flexibility index (Phi) is 68.2. The highest BCUT2D eigenvalue weighted by molar-refractivity contribution is 5.71. The molecule has 0 bridgehead atoms. The first-order chi connectivity index (χ1) is 41.0. The topological polar surface area (TPSA) is 78.9 Å². The third-order valence-electron chi connectivity index (χ3n) is 15.9. The van der Waals surface area contributed by atoms with Crippen LogP contribution < -0.4 is 0 Å². The minimum atomic E-state index is -0.790. The van der Waals surface area contributed by atoms with Gasteiger partial charge in [-0.3, -0.25) is 14.4 Å². The van der Waals surface area contributed by atoms with E-state index in [-0.39, 0.29) is 31.1 Å². The fraction of sp³-hybridized carbons (Fsp3) is 0.779. The number of carbonyl (C=O) groups is 3. The van der Waals surface area contributed by atoms with Gasteiger partial charge in [0.2, 0.25) is 0 Å². The second kappa shape index (κ2) is 71.1. The zero-order valence-corrected chi connectivity index (χ0v) is 55.2. The van der Waals surface area contributed by atoms with Crippen molar-refractivity contribution in [1.29, 1.82) is 0 Å². The van der Waals surface area contributed by atoms with Crippen LogP contribution >= 0.6 is 0 Å². The average Bonchev–Trinajstić information content (AvgIpc) is 3.50. The Morgan fingerprint density at radius 1 is 0.253 bits per heavy atom. The molecular formula is C77H136O6. The molecule has 0 saturated carbocycles. The lowest BCUT2D eigenvalue weighted by Crippen LogP contribution is -2.30. The quantitative estimate of drug-likeness (QED) is 0.0261. The van der Waals surface area contributed by atoms with E-state index in [0.29, 0.717) is 19.3 Å². The van der Waals surface area contributed by atoms with Crippen LogP contribution in [0.15, 0.2) is 85.1 Å². The van der Waals surface area contributed by atoms with E-state index < -0.39 is 6.10 Å². The molecule has 83 heavy (non-hydrogen) atoms. The summed E-state index contributed by atoms with van der Waals surface area (Å²) in [5.74, 6) is -0.893. The van der Waals surface area contributed by atoms with Crippen molar-refractivity contribution in [3.8, 4) is 0 Å². The lowest BCUT2D eigenvalue weighted by Gasteiger charge is -2.18. The standard InChI is InChI=1S/C77H136O6/c1-4-7-10-13-16-19-22-25-28-31-33-35-37-39-41-42-44-46-49-52-55-58-61-64-67-70-76(79)82-73-74(72-81-75(78)69-66-63-60-57-54-51-48-30-27-24-21-18-15-12-9-6-3)83-77(80)71-68-65-62-59-56-53-50-47-45-43-40-38-36-34-32-29-26-23-20-17-14-11-8-5-2/h7,10,16,19,25,28,33,35,39,41,44,46,52,55,74H,4-6,8-9,11-15,17-18,20-24,26-27,29-32,34,36-38,40,42-43,45,47-51,53-54,56-73H2,1-3H3/b10-7-,19-16-,28-25-,35-33-,41-39-,46-44-,55-52-. The minimum Gasteiger partial charge on any atom is -0.462 e. The maximum absolute atomic E-state index is 13.0. The molecule has 6 heteroatoms. The normalized spacial score (nSPS) is 12.6. The molecule has 0 N–H and O–H groups in total. The van der Waals surface area contributed by atoms with Gasteiger partial charge in [0, 0.05) is 19.3 Å². The summed E-state index contributed by atoms with van der Waals surface area (Å²) in [4.78, 5) is 38.5. The van der Waals surface area contributed by atoms with E-state index in [2.05, 4.69) is 106 Å². The first-order valence-corrected chi connectivity index (χ1v) is 36.1. The largest absolute Gasteiger partial charge is 0.462 e. The van der Waals surface area contributed by atoms with Gasteiger partial charge in [0.1, 0.15) is 13.2 Å². The molecule has 1 atom stereocenters. The van der Waals surface area contributed by atoms with Crippen LogP contribution in [-0.2, 0) is 28.6 Å². The van der Waals surface area contributed by atoms with Crippen molar-refractivity contribution in [2.75, 3.05) is 13.2 Å². The van der Waals surface area contributed by atoms with Gasteiger partial charge in [-0.05, 0) is 77.0 Å². The Labute approximate surface area is 515 Å². The molecule has 0 rings (SSSR count). The van der Waals surface area contributed by atoms with E-state index in [9.17, 15) is 14.4 Å². The number of ether oxygens (including phenoxy) is 3. The highest BCUT2D eigenvalue weighted by atomic mass is 16.6. The van der Waals surface area contributed by atoms with E-state index in [0.717, 1.165) is 109 Å². The summed E-state index contributed by atoms with van der Waals surface area (Å²) in [5.41, 5.74) is 0. The molecule has 0 aromatic carbocycles. The summed E-state index contributed by atoms with van der Waals surface area (Å²) in [7, 11) is 0. The second-order valence-corrected chi connectivity index (χ2v) is 24.1. The van der Waals surface area contributed by atoms with Crippen molar-refractivity contribution in [2.24, 2.45) is 0 Å². The number of hydrogen-bond acceptors (Lipinski definition) is 6. The summed E-state index contributed by atoms with van der Waals surface area (Å²) in [6.45, 7) is 6.56. The van der Waals surface area contributed by atoms with Crippen LogP contribution in [0, 0.1) is 0 Å². The first-order valence-electron chi connectivity index (χ1n) is 36.1. The Morgan fingerprint density at radius 2 is 0.470 bits per heavy atom. The third-order valence-corrected chi connectivity index (χ3v) is 15.9. The van der Waals surface area contributed by atoms with Crippen molar-refractivity contribution in [2.45, 2.75) is 374 Å². The number of allylic oxidation sites excluding steroid dienone is 14. The molecule has 0 aromatic heterocycles. The van der Waals surface area contributed by atoms with Crippen LogP contribution in [0.4, 0.5) is 0 Å². The molecule has 0 aliphatic rings. The van der Waals surface area contributed by atoms with Gasteiger partial charge >= 0.3 is 17.9 Å². The third kappa shape index (κ3) is 69.3. The van der Waals surface area contributed by atoms with Gasteiger partial charge in [-0.1, -0.05) is 356 Å². The van der Waals surface area contributed by atoms with E-state index in [1.807, 2.05) is 0 Å². The number of esters is 3. The molecule has 0 radical (unpaired) electrons. The predicted molar refractivity (Wildman–Crippen MR) is 362 cm³/mol. The monoisotopic (exact) mass is 1160 g/mol. The molecule has 0 amide bonds. The van der Waals surface area contributed by atoms with Crippen LogP contribution in [0.5, 0.6) is 0 Å². The fourth-order valence-corrected chi connectivity index (χ4v) is 10.5. The number of rotatable bonds is 66. The van der Waals surface area contributed by atoms with Gasteiger partial charge in [-0.2, -0.15) is 0 Å². The molecule has 6 nitrogen and oxygen atoms in total. The van der Waals surface area contributed by atoms with E-state index in [1.54, 1.807) is 0 Å². The summed E-state index contributed by atoms with van der Waals surface area (Å²) < 4.78 is 17.0. The van der Waals surface area contributed by atoms with Gasteiger partial charge in [-0.15, -0.1) is 0 Å². The molecule has 0 saturated heterocycles. The average molecular weight is 1160 g/mol. The SMILES string of the molecule is CC/C=C\C/C=C\C/C=C\C/C=C\C/C=C\C/C=C\C/C=C\CCCCCC(=O)OCC(COC(=O)CCCCCCCCCCCCCCCCCC)OC(=O)CCCCCCCCCCCCCCCCCCCCCCCCCC. The molecule has 0 aliphatic heterocycles. The maximum Gasteiger partial charge on any atom is 0.306 e. The van der Waals surface area contributed by atoms with Crippen molar-refractivity contribution >= 4 is 17.9 Å². The van der Waals surface area contributed by atoms with Crippen LogP contribution in [-0.4, -0.2) is 37.2 Å². The summed E-state index contributed by atoms with van der Waals surface area (Å²) in [5, 5.41) is 0. The highest BCUT2D eigenvalue weighted by Gasteiger charge is 2.19. The lowest BCUT2D eigenvalue weighted by molar-refractivity contribution is -0.167. The summed E-state index contributed by atoms with van der Waals surface area (Å²) in [6, 6.07) is 0. The van der Waals surface area contributed by atoms with Gasteiger partial charge in [-0.25, -0.2) is 0 Å². The number of hydrogen-bond donors (Lipinski definition) is 0. The molecule has 0 fully saturated rings. The maximum atomic E-state index is 13.0. The molecule has 0 heterocycles. The van der Waals surface area contributed by atoms with Crippen molar-refractivity contribution < 1.29 is 28.6 Å². The second-order valence-electron chi connectivity index (χ2n) is 24.1. The van der Waals surface area contributed by atoms with Crippen LogP contribution in [0.3, 0.4) is 0 Å². The number of carbonyl (C=O) groups excluding carboxylic acids is 3. The molecule has 0 aliphatic carbocycles. The Balaban J connectivity index is 4.38.